The van der Waals surface area contributed by atoms with Gasteiger partial charge in [0.1, 0.15) is 24.4 Å². The first-order valence-electron chi connectivity index (χ1n) is 12.5. The number of unbranched alkanes of at least 4 members (excludes halogenated alkanes) is 8. The number of hydroxylamine groups is 2. The van der Waals surface area contributed by atoms with E-state index in [4.69, 9.17) is 9.57 Å². The Hall–Kier alpha value is -1.57. The van der Waals surface area contributed by atoms with E-state index < -0.39 is 37.3 Å². The van der Waals surface area contributed by atoms with Gasteiger partial charge in [-0.15, -0.1) is 11.8 Å². The average molecular weight is 479 g/mol. The lowest BCUT2D eigenvalue weighted by Crippen LogP contribution is -2.63. The molecule has 0 aromatic carbocycles. The molecule has 2 rings (SSSR count). The van der Waals surface area contributed by atoms with Gasteiger partial charge in [0.05, 0.1) is 13.7 Å². The van der Waals surface area contributed by atoms with Gasteiger partial charge in [0.2, 0.25) is 0 Å². The molecular formula is C26H42N2O6. The maximum absolute atomic E-state index is 10.2. The molecule has 192 valence electrons. The molecule has 1 aromatic rings. The summed E-state index contributed by atoms with van der Waals surface area (Å²) in [5.74, 6) is 6.57. The average Bonchev–Trinajstić information content (AvgIpc) is 2.86. The van der Waals surface area contributed by atoms with E-state index in [9.17, 15) is 20.4 Å². The Bertz CT molecular complexity index is 708. The van der Waals surface area contributed by atoms with Crippen molar-refractivity contribution in [3.63, 3.8) is 0 Å². The first-order chi connectivity index (χ1) is 16.6. The molecule has 1 aliphatic heterocycles. The Morgan fingerprint density at radius 3 is 2.26 bits per heavy atom. The van der Waals surface area contributed by atoms with E-state index in [1.807, 2.05) is 12.3 Å². The number of ether oxygens (including phenoxy) is 1. The molecule has 2 heterocycles. The summed E-state index contributed by atoms with van der Waals surface area (Å²) in [4.78, 5) is 9.46. The van der Waals surface area contributed by atoms with Crippen LogP contribution in [0.3, 0.4) is 0 Å². The van der Waals surface area contributed by atoms with E-state index in [-0.39, 0.29) is 0 Å². The molecular weight excluding hydrogens is 436 g/mol. The van der Waals surface area contributed by atoms with E-state index >= 15 is 0 Å². The fourth-order valence-electron chi connectivity index (χ4n) is 4.10. The minimum Gasteiger partial charge on any atom is -0.394 e. The highest BCUT2D eigenvalue weighted by atomic mass is 16.7. The summed E-state index contributed by atoms with van der Waals surface area (Å²) in [5.41, 5.74) is 1.29. The lowest BCUT2D eigenvalue weighted by Gasteiger charge is -2.43. The maximum Gasteiger partial charge on any atom is 0.162 e. The molecule has 0 amide bonds. The zero-order valence-electron chi connectivity index (χ0n) is 20.4. The first kappa shape index (κ1) is 28.7. The molecule has 0 spiro atoms. The van der Waals surface area contributed by atoms with Gasteiger partial charge in [0.25, 0.3) is 0 Å². The van der Waals surface area contributed by atoms with Crippen molar-refractivity contribution < 1.29 is 30.0 Å². The molecule has 8 nitrogen and oxygen atoms in total. The van der Waals surface area contributed by atoms with Gasteiger partial charge in [-0.1, -0.05) is 31.7 Å². The summed E-state index contributed by atoms with van der Waals surface area (Å²) in [5, 5.41) is 40.9. The number of hydrogen-bond acceptors (Lipinski definition) is 8. The van der Waals surface area contributed by atoms with Gasteiger partial charge in [-0.3, -0.25) is 9.82 Å². The molecule has 1 aromatic heterocycles. The fraction of sp³-hybridized carbons (Fsp3) is 0.731. The largest absolute Gasteiger partial charge is 0.394 e. The van der Waals surface area contributed by atoms with Crippen molar-refractivity contribution in [2.24, 2.45) is 0 Å². The van der Waals surface area contributed by atoms with Gasteiger partial charge in [-0.25, -0.2) is 0 Å². The summed E-state index contributed by atoms with van der Waals surface area (Å²) in [6.45, 7) is 0.0704. The Labute approximate surface area is 203 Å². The van der Waals surface area contributed by atoms with Crippen LogP contribution in [0.25, 0.3) is 0 Å². The van der Waals surface area contributed by atoms with E-state index in [1.54, 1.807) is 6.20 Å². The van der Waals surface area contributed by atoms with E-state index in [1.165, 1.54) is 17.7 Å². The van der Waals surface area contributed by atoms with Gasteiger partial charge < -0.3 is 25.2 Å². The Kier molecular flexibility index (Phi) is 14.3. The van der Waals surface area contributed by atoms with Crippen LogP contribution in [0.4, 0.5) is 0 Å². The summed E-state index contributed by atoms with van der Waals surface area (Å²) in [6, 6.07) is 4.10. The normalized spacial score (nSPS) is 24.7. The molecule has 0 radical (unpaired) electrons. The molecule has 0 saturated carbocycles. The minimum absolute atomic E-state index is 0.449. The second kappa shape index (κ2) is 17.0. The highest BCUT2D eigenvalue weighted by molar-refractivity contribution is 5.08. The summed E-state index contributed by atoms with van der Waals surface area (Å²) in [7, 11) is 1.48. The number of hydrogen-bond donors (Lipinski definition) is 4. The standard InChI is InChI=1S/C26H42N2O6/c1-33-28(26-25(32)24(31)23(30)22(20-29)34-26)18-13-11-9-7-5-3-2-4-6-8-10-12-15-21-16-14-17-27-19-21/h14,16-17,19,22-26,29-32H,2-3,5,7-13,15,18,20H2,1H3. The number of pyridine rings is 1. The minimum atomic E-state index is -1.40. The quantitative estimate of drug-likeness (QED) is 0.172. The van der Waals surface area contributed by atoms with Crippen molar-refractivity contribution in [2.75, 3.05) is 20.3 Å². The summed E-state index contributed by atoms with van der Waals surface area (Å²) < 4.78 is 5.54. The third-order valence-corrected chi connectivity index (χ3v) is 6.18. The van der Waals surface area contributed by atoms with Crippen molar-refractivity contribution in [1.29, 1.82) is 0 Å². The highest BCUT2D eigenvalue weighted by Gasteiger charge is 2.45. The molecule has 0 bridgehead atoms. The van der Waals surface area contributed by atoms with Crippen LogP contribution in [-0.2, 0) is 16.0 Å². The van der Waals surface area contributed by atoms with Crippen LogP contribution >= 0.6 is 0 Å². The van der Waals surface area contributed by atoms with Crippen LogP contribution < -0.4 is 0 Å². The van der Waals surface area contributed by atoms with Crippen LogP contribution in [0.15, 0.2) is 24.5 Å². The molecule has 0 aliphatic carbocycles. The smallest absolute Gasteiger partial charge is 0.162 e. The van der Waals surface area contributed by atoms with Gasteiger partial charge >= 0.3 is 0 Å². The second-order valence-electron chi connectivity index (χ2n) is 8.84. The Balaban J connectivity index is 1.48. The monoisotopic (exact) mass is 478 g/mol. The lowest BCUT2D eigenvalue weighted by molar-refractivity contribution is -0.328. The predicted molar refractivity (Wildman–Crippen MR) is 129 cm³/mol. The SMILES string of the molecule is CON(CCCCCCCCC#CCCCCc1cccnc1)C1OC(CO)C(O)C(O)C1O. The van der Waals surface area contributed by atoms with E-state index in [0.717, 1.165) is 70.6 Å². The van der Waals surface area contributed by atoms with Crippen molar-refractivity contribution >= 4 is 0 Å². The third kappa shape index (κ3) is 9.96. The zero-order valence-corrected chi connectivity index (χ0v) is 20.4. The Morgan fingerprint density at radius 1 is 0.941 bits per heavy atom. The molecule has 1 saturated heterocycles. The maximum atomic E-state index is 10.2. The number of aliphatic hydroxyl groups excluding tert-OH is 4. The fourth-order valence-corrected chi connectivity index (χ4v) is 4.10. The third-order valence-electron chi connectivity index (χ3n) is 6.18. The highest BCUT2D eigenvalue weighted by Crippen LogP contribution is 2.24. The topological polar surface area (TPSA) is 116 Å². The molecule has 34 heavy (non-hydrogen) atoms. The van der Waals surface area contributed by atoms with Crippen molar-refractivity contribution in [3.05, 3.63) is 30.1 Å². The summed E-state index contributed by atoms with van der Waals surface area (Å²) >= 11 is 0. The number of rotatable bonds is 15. The van der Waals surface area contributed by atoms with Crippen LogP contribution in [0, 0.1) is 11.8 Å². The molecule has 1 fully saturated rings. The first-order valence-corrected chi connectivity index (χ1v) is 12.5. The molecule has 1 aliphatic rings. The van der Waals surface area contributed by atoms with Crippen LogP contribution in [0.1, 0.15) is 69.8 Å². The van der Waals surface area contributed by atoms with Gasteiger partial charge in [-0.05, 0) is 43.7 Å². The van der Waals surface area contributed by atoms with E-state index in [0.29, 0.717) is 6.54 Å². The summed E-state index contributed by atoms with van der Waals surface area (Å²) in [6.07, 6.45) is 9.45. The molecule has 4 N–H and O–H groups in total. The zero-order chi connectivity index (χ0) is 24.6. The van der Waals surface area contributed by atoms with E-state index in [2.05, 4.69) is 22.9 Å². The number of aliphatic hydroxyl groups is 4. The molecule has 5 unspecified atom stereocenters. The molecule has 8 heteroatoms. The van der Waals surface area contributed by atoms with Crippen LogP contribution in [0.2, 0.25) is 0 Å². The predicted octanol–water partition coefficient (Wildman–Crippen LogP) is 2.19. The van der Waals surface area contributed by atoms with Gasteiger partial charge in [-0.2, -0.15) is 5.06 Å². The lowest BCUT2D eigenvalue weighted by atomic mass is 9.98. The van der Waals surface area contributed by atoms with Crippen molar-refractivity contribution in [3.8, 4) is 11.8 Å². The van der Waals surface area contributed by atoms with Gasteiger partial charge in [0, 0.05) is 31.8 Å². The van der Waals surface area contributed by atoms with Crippen molar-refractivity contribution in [2.45, 2.75) is 101 Å². The number of aromatic nitrogens is 1. The van der Waals surface area contributed by atoms with Crippen LogP contribution in [-0.4, -0.2) is 81.4 Å². The van der Waals surface area contributed by atoms with Crippen molar-refractivity contribution in [1.82, 2.24) is 10.0 Å². The number of nitrogens with zero attached hydrogens (tertiary/aromatic N) is 2. The van der Waals surface area contributed by atoms with Gasteiger partial charge in [0.15, 0.2) is 6.23 Å². The number of aryl methyl sites for hydroxylation is 1. The second-order valence-corrected chi connectivity index (χ2v) is 8.84. The molecule has 5 atom stereocenters. The Morgan fingerprint density at radius 2 is 1.62 bits per heavy atom. The van der Waals surface area contributed by atoms with Crippen LogP contribution in [0.5, 0.6) is 0 Å².